The van der Waals surface area contributed by atoms with Gasteiger partial charge in [0.25, 0.3) is 0 Å². The zero-order valence-electron chi connectivity index (χ0n) is 15.6. The van der Waals surface area contributed by atoms with Gasteiger partial charge in [-0.05, 0) is 38.5 Å². The smallest absolute Gasteiger partial charge is 0.410 e. The molecular weight excluding hydrogens is 334 g/mol. The Kier molecular flexibility index (Phi) is 6.46. The standard InChI is InChI=1S/C19H27N3O4/c1-19(2,3)26-18(25)22-12-10-21(11-13-22)15-6-4-14(5-7-15)17(24)16(23)8-9-20/h4-7,16-17,23-24H,8,10-13H2,1-3H3. The lowest BCUT2D eigenvalue weighted by Crippen LogP contribution is -2.50. The van der Waals surface area contributed by atoms with Crippen molar-refractivity contribution in [2.24, 2.45) is 0 Å². The van der Waals surface area contributed by atoms with E-state index in [0.717, 1.165) is 5.69 Å². The van der Waals surface area contributed by atoms with E-state index in [2.05, 4.69) is 4.90 Å². The van der Waals surface area contributed by atoms with E-state index in [-0.39, 0.29) is 12.5 Å². The first-order chi connectivity index (χ1) is 12.2. The van der Waals surface area contributed by atoms with Crippen molar-refractivity contribution in [1.29, 1.82) is 5.26 Å². The van der Waals surface area contributed by atoms with Crippen molar-refractivity contribution in [3.63, 3.8) is 0 Å². The largest absolute Gasteiger partial charge is 0.444 e. The molecule has 142 valence electrons. The van der Waals surface area contributed by atoms with E-state index < -0.39 is 17.8 Å². The summed E-state index contributed by atoms with van der Waals surface area (Å²) in [6.07, 6.45) is -2.58. The SMILES string of the molecule is CC(C)(C)OC(=O)N1CCN(c2ccc(C(O)C(O)CC#N)cc2)CC1. The molecule has 2 N–H and O–H groups in total. The number of nitrogens with zero attached hydrogens (tertiary/aromatic N) is 3. The first-order valence-electron chi connectivity index (χ1n) is 8.77. The first-order valence-corrected chi connectivity index (χ1v) is 8.77. The number of hydrogen-bond donors (Lipinski definition) is 2. The third-order valence-corrected chi connectivity index (χ3v) is 4.20. The number of piperazine rings is 1. The van der Waals surface area contributed by atoms with Crippen LogP contribution in [0.4, 0.5) is 10.5 Å². The maximum Gasteiger partial charge on any atom is 0.410 e. The molecule has 1 fully saturated rings. The topological polar surface area (TPSA) is 97.0 Å². The molecule has 7 heteroatoms. The van der Waals surface area contributed by atoms with Crippen LogP contribution in [-0.2, 0) is 4.74 Å². The normalized spacial score (nSPS) is 17.4. The molecule has 1 aromatic carbocycles. The van der Waals surface area contributed by atoms with Crippen LogP contribution in [0.2, 0.25) is 0 Å². The van der Waals surface area contributed by atoms with Crippen LogP contribution in [0.3, 0.4) is 0 Å². The van der Waals surface area contributed by atoms with E-state index in [0.29, 0.717) is 31.7 Å². The second-order valence-corrected chi connectivity index (χ2v) is 7.42. The van der Waals surface area contributed by atoms with Gasteiger partial charge < -0.3 is 24.7 Å². The summed E-state index contributed by atoms with van der Waals surface area (Å²) in [5.41, 5.74) is 1.06. The van der Waals surface area contributed by atoms with E-state index in [9.17, 15) is 15.0 Å². The zero-order chi connectivity index (χ0) is 19.3. The van der Waals surface area contributed by atoms with E-state index in [1.165, 1.54) is 0 Å². The van der Waals surface area contributed by atoms with Crippen molar-refractivity contribution in [2.45, 2.75) is 45.0 Å². The Morgan fingerprint density at radius 3 is 2.27 bits per heavy atom. The number of ether oxygens (including phenoxy) is 1. The van der Waals surface area contributed by atoms with Crippen LogP contribution in [0.15, 0.2) is 24.3 Å². The monoisotopic (exact) mass is 361 g/mol. The van der Waals surface area contributed by atoms with Crippen LogP contribution in [0, 0.1) is 11.3 Å². The second-order valence-electron chi connectivity index (χ2n) is 7.42. The average Bonchev–Trinajstić information content (AvgIpc) is 2.60. The van der Waals surface area contributed by atoms with E-state index >= 15 is 0 Å². The molecule has 2 unspecified atom stereocenters. The molecule has 2 rings (SSSR count). The number of rotatable bonds is 4. The number of carbonyl (C=O) groups excluding carboxylic acids is 1. The van der Waals surface area contributed by atoms with Crippen molar-refractivity contribution < 1.29 is 19.7 Å². The number of benzene rings is 1. The number of carbonyl (C=O) groups is 1. The number of aliphatic hydroxyl groups is 2. The molecule has 1 aliphatic rings. The average molecular weight is 361 g/mol. The highest BCUT2D eigenvalue weighted by atomic mass is 16.6. The molecule has 1 saturated heterocycles. The molecule has 0 aliphatic carbocycles. The molecule has 1 amide bonds. The van der Waals surface area contributed by atoms with Crippen molar-refractivity contribution in [2.75, 3.05) is 31.1 Å². The number of aliphatic hydroxyl groups excluding tert-OH is 2. The molecule has 0 aromatic heterocycles. The van der Waals surface area contributed by atoms with Gasteiger partial charge in [-0.15, -0.1) is 0 Å². The third kappa shape index (κ3) is 5.35. The van der Waals surface area contributed by atoms with Gasteiger partial charge in [0.05, 0.1) is 18.6 Å². The Hall–Kier alpha value is -2.30. The summed E-state index contributed by atoms with van der Waals surface area (Å²) in [5.74, 6) is 0. The number of amides is 1. The van der Waals surface area contributed by atoms with Gasteiger partial charge in [0, 0.05) is 31.9 Å². The maximum absolute atomic E-state index is 12.1. The molecule has 0 spiro atoms. The van der Waals surface area contributed by atoms with E-state index in [1.807, 2.05) is 39.0 Å². The molecule has 1 aliphatic heterocycles. The van der Waals surface area contributed by atoms with Gasteiger partial charge in [0.1, 0.15) is 11.7 Å². The van der Waals surface area contributed by atoms with Crippen LogP contribution in [0.25, 0.3) is 0 Å². The zero-order valence-corrected chi connectivity index (χ0v) is 15.6. The van der Waals surface area contributed by atoms with Gasteiger partial charge in [0.2, 0.25) is 0 Å². The van der Waals surface area contributed by atoms with E-state index in [1.54, 1.807) is 17.0 Å². The van der Waals surface area contributed by atoms with Crippen molar-refractivity contribution >= 4 is 11.8 Å². The van der Waals surface area contributed by atoms with Crippen LogP contribution in [0.5, 0.6) is 0 Å². The number of anilines is 1. The Morgan fingerprint density at radius 1 is 1.19 bits per heavy atom. The molecule has 0 saturated carbocycles. The molecule has 0 radical (unpaired) electrons. The Balaban J connectivity index is 1.92. The molecule has 1 heterocycles. The van der Waals surface area contributed by atoms with Gasteiger partial charge in [-0.2, -0.15) is 5.26 Å². The lowest BCUT2D eigenvalue weighted by atomic mass is 10.0. The number of hydrogen-bond acceptors (Lipinski definition) is 6. The minimum Gasteiger partial charge on any atom is -0.444 e. The van der Waals surface area contributed by atoms with Crippen molar-refractivity contribution in [3.8, 4) is 6.07 Å². The highest BCUT2D eigenvalue weighted by Crippen LogP contribution is 2.23. The van der Waals surface area contributed by atoms with Crippen molar-refractivity contribution in [1.82, 2.24) is 4.90 Å². The van der Waals surface area contributed by atoms with Crippen LogP contribution >= 0.6 is 0 Å². The summed E-state index contributed by atoms with van der Waals surface area (Å²) in [6.45, 7) is 8.11. The molecule has 2 atom stereocenters. The van der Waals surface area contributed by atoms with Gasteiger partial charge in [0.15, 0.2) is 0 Å². The summed E-state index contributed by atoms with van der Waals surface area (Å²) in [4.78, 5) is 16.0. The van der Waals surface area contributed by atoms with Gasteiger partial charge in [-0.1, -0.05) is 12.1 Å². The van der Waals surface area contributed by atoms with E-state index in [4.69, 9.17) is 10.00 Å². The Morgan fingerprint density at radius 2 is 1.77 bits per heavy atom. The van der Waals surface area contributed by atoms with Crippen LogP contribution in [-0.4, -0.2) is 59.1 Å². The second kappa shape index (κ2) is 8.39. The fourth-order valence-corrected chi connectivity index (χ4v) is 2.78. The molecular formula is C19H27N3O4. The lowest BCUT2D eigenvalue weighted by Gasteiger charge is -2.36. The summed E-state index contributed by atoms with van der Waals surface area (Å²) in [5, 5.41) is 28.4. The van der Waals surface area contributed by atoms with Crippen LogP contribution in [0.1, 0.15) is 38.9 Å². The van der Waals surface area contributed by atoms with Crippen molar-refractivity contribution in [3.05, 3.63) is 29.8 Å². The summed E-state index contributed by atoms with van der Waals surface area (Å²) < 4.78 is 5.40. The molecule has 1 aromatic rings. The molecule has 7 nitrogen and oxygen atoms in total. The van der Waals surface area contributed by atoms with Crippen LogP contribution < -0.4 is 4.90 Å². The van der Waals surface area contributed by atoms with Gasteiger partial charge in [-0.3, -0.25) is 0 Å². The minimum absolute atomic E-state index is 0.116. The highest BCUT2D eigenvalue weighted by Gasteiger charge is 2.26. The third-order valence-electron chi connectivity index (χ3n) is 4.20. The molecule has 26 heavy (non-hydrogen) atoms. The predicted molar refractivity (Wildman–Crippen MR) is 97.7 cm³/mol. The lowest BCUT2D eigenvalue weighted by molar-refractivity contribution is 0.0216. The molecule has 0 bridgehead atoms. The maximum atomic E-state index is 12.1. The quantitative estimate of drug-likeness (QED) is 0.852. The fraction of sp³-hybridized carbons (Fsp3) is 0.579. The first kappa shape index (κ1) is 20.0. The summed E-state index contributed by atoms with van der Waals surface area (Å²) >= 11 is 0. The Labute approximate surface area is 154 Å². The summed E-state index contributed by atoms with van der Waals surface area (Å²) in [7, 11) is 0. The minimum atomic E-state index is -1.09. The van der Waals surface area contributed by atoms with Gasteiger partial charge >= 0.3 is 6.09 Å². The fourth-order valence-electron chi connectivity index (χ4n) is 2.78. The predicted octanol–water partition coefficient (Wildman–Crippen LogP) is 2.05. The number of nitriles is 1. The highest BCUT2D eigenvalue weighted by molar-refractivity contribution is 5.68. The van der Waals surface area contributed by atoms with Gasteiger partial charge in [-0.25, -0.2) is 4.79 Å². The summed E-state index contributed by atoms with van der Waals surface area (Å²) in [6, 6.07) is 9.10. The Bertz CT molecular complexity index is 640.